The monoisotopic (exact) mass is 340 g/mol. The van der Waals surface area contributed by atoms with Gasteiger partial charge in [-0.2, -0.15) is 0 Å². The molecule has 2 rings (SSSR count). The Balaban J connectivity index is 1.78. The third-order valence-corrected chi connectivity index (χ3v) is 4.11. The van der Waals surface area contributed by atoms with E-state index >= 15 is 0 Å². The van der Waals surface area contributed by atoms with Crippen molar-refractivity contribution in [2.45, 2.75) is 38.3 Å². The predicted octanol–water partition coefficient (Wildman–Crippen LogP) is 2.56. The van der Waals surface area contributed by atoms with Crippen molar-refractivity contribution in [2.24, 2.45) is 5.73 Å². The molecule has 0 saturated carbocycles. The van der Waals surface area contributed by atoms with E-state index in [1.165, 1.54) is 0 Å². The summed E-state index contributed by atoms with van der Waals surface area (Å²) in [5.41, 5.74) is 5.91. The summed E-state index contributed by atoms with van der Waals surface area (Å²) in [6, 6.07) is 8.10. The Labute approximate surface area is 128 Å². The van der Waals surface area contributed by atoms with Gasteiger partial charge in [-0.25, -0.2) is 0 Å². The number of likely N-dealkylation sites (tertiary alicyclic amines) is 1. The van der Waals surface area contributed by atoms with Gasteiger partial charge in [-0.05, 0) is 38.0 Å². The molecule has 0 radical (unpaired) electrons. The maximum absolute atomic E-state index is 12.2. The van der Waals surface area contributed by atoms with Crippen molar-refractivity contribution in [3.63, 3.8) is 0 Å². The van der Waals surface area contributed by atoms with Crippen molar-refractivity contribution in [1.29, 1.82) is 0 Å². The second kappa shape index (κ2) is 7.09. The lowest BCUT2D eigenvalue weighted by atomic mass is 9.99. The van der Waals surface area contributed by atoms with Gasteiger partial charge in [0, 0.05) is 23.1 Å². The molecule has 1 aromatic carbocycles. The molecule has 20 heavy (non-hydrogen) atoms. The average molecular weight is 341 g/mol. The molecule has 1 aliphatic rings. The smallest absolute Gasteiger partial charge is 0.226 e. The number of rotatable bonds is 4. The van der Waals surface area contributed by atoms with Crippen LogP contribution in [0.5, 0.6) is 5.75 Å². The van der Waals surface area contributed by atoms with Gasteiger partial charge in [0.25, 0.3) is 0 Å². The van der Waals surface area contributed by atoms with Gasteiger partial charge in [-0.1, -0.05) is 22.0 Å². The minimum absolute atomic E-state index is 0.152. The number of benzene rings is 1. The zero-order chi connectivity index (χ0) is 14.5. The first-order chi connectivity index (χ1) is 9.56. The number of nitrogens with zero attached hydrogens (tertiary/aromatic N) is 1. The molecule has 1 saturated heterocycles. The van der Waals surface area contributed by atoms with E-state index in [9.17, 15) is 4.79 Å². The number of hydrogen-bond donors (Lipinski definition) is 1. The molecule has 2 atom stereocenters. The van der Waals surface area contributed by atoms with Gasteiger partial charge < -0.3 is 15.4 Å². The Morgan fingerprint density at radius 3 is 3.05 bits per heavy atom. The topological polar surface area (TPSA) is 55.6 Å². The fourth-order valence-corrected chi connectivity index (χ4v) is 2.91. The second-order valence-corrected chi connectivity index (χ2v) is 6.19. The van der Waals surface area contributed by atoms with Crippen LogP contribution in [-0.4, -0.2) is 36.0 Å². The summed E-state index contributed by atoms with van der Waals surface area (Å²) in [6.45, 7) is 3.23. The average Bonchev–Trinajstić information content (AvgIpc) is 2.38. The highest BCUT2D eigenvalue weighted by atomic mass is 79.9. The van der Waals surface area contributed by atoms with Gasteiger partial charge in [0.1, 0.15) is 5.75 Å². The van der Waals surface area contributed by atoms with Crippen LogP contribution in [-0.2, 0) is 4.79 Å². The Hall–Kier alpha value is -1.07. The lowest BCUT2D eigenvalue weighted by Crippen LogP contribution is -2.48. The first kappa shape index (κ1) is 15.3. The highest BCUT2D eigenvalue weighted by Crippen LogP contribution is 2.19. The van der Waals surface area contributed by atoms with E-state index in [4.69, 9.17) is 10.5 Å². The number of carbonyl (C=O) groups excluding carboxylic acids is 1. The van der Waals surface area contributed by atoms with Gasteiger partial charge in [-0.15, -0.1) is 0 Å². The summed E-state index contributed by atoms with van der Waals surface area (Å²) in [4.78, 5) is 14.1. The van der Waals surface area contributed by atoms with E-state index in [0.717, 1.165) is 29.6 Å². The van der Waals surface area contributed by atoms with Crippen molar-refractivity contribution in [3.05, 3.63) is 28.7 Å². The van der Waals surface area contributed by atoms with Crippen LogP contribution < -0.4 is 10.5 Å². The van der Waals surface area contributed by atoms with Crippen LogP contribution in [0.2, 0.25) is 0 Å². The largest absolute Gasteiger partial charge is 0.493 e. The molecule has 4 nitrogen and oxygen atoms in total. The lowest BCUT2D eigenvalue weighted by molar-refractivity contribution is -0.135. The summed E-state index contributed by atoms with van der Waals surface area (Å²) in [6.07, 6.45) is 2.19. The zero-order valence-corrected chi connectivity index (χ0v) is 13.3. The molecule has 0 bridgehead atoms. The molecule has 1 heterocycles. The van der Waals surface area contributed by atoms with Gasteiger partial charge >= 0.3 is 0 Å². The number of halogens is 1. The van der Waals surface area contributed by atoms with E-state index in [1.807, 2.05) is 29.2 Å². The summed E-state index contributed by atoms with van der Waals surface area (Å²) >= 11 is 3.39. The van der Waals surface area contributed by atoms with Crippen LogP contribution in [0.15, 0.2) is 28.7 Å². The summed E-state index contributed by atoms with van der Waals surface area (Å²) in [5.74, 6) is 0.931. The van der Waals surface area contributed by atoms with E-state index in [0.29, 0.717) is 13.0 Å². The number of amides is 1. The van der Waals surface area contributed by atoms with Crippen molar-refractivity contribution in [1.82, 2.24) is 4.90 Å². The Bertz CT molecular complexity index is 467. The predicted molar refractivity (Wildman–Crippen MR) is 82.6 cm³/mol. The molecule has 1 aliphatic heterocycles. The molecule has 5 heteroatoms. The van der Waals surface area contributed by atoms with Gasteiger partial charge in [-0.3, -0.25) is 4.79 Å². The third-order valence-electron chi connectivity index (χ3n) is 3.62. The second-order valence-electron chi connectivity index (χ2n) is 5.28. The number of carbonyl (C=O) groups is 1. The number of hydrogen-bond acceptors (Lipinski definition) is 3. The molecule has 0 spiro atoms. The maximum Gasteiger partial charge on any atom is 0.226 e. The van der Waals surface area contributed by atoms with Crippen molar-refractivity contribution >= 4 is 21.8 Å². The maximum atomic E-state index is 12.2. The fourth-order valence-electron chi connectivity index (χ4n) is 2.54. The standard InChI is InChI=1S/C15H21BrN2O2/c1-11-9-13(17)5-7-18(11)15(19)6-8-20-14-4-2-3-12(16)10-14/h2-4,10-11,13H,5-9,17H2,1H3. The number of piperidine rings is 1. The van der Waals surface area contributed by atoms with Gasteiger partial charge in [0.15, 0.2) is 0 Å². The molecule has 1 aromatic rings. The van der Waals surface area contributed by atoms with Crippen LogP contribution in [0.1, 0.15) is 26.2 Å². The summed E-state index contributed by atoms with van der Waals surface area (Å²) in [5, 5.41) is 0. The fraction of sp³-hybridized carbons (Fsp3) is 0.533. The highest BCUT2D eigenvalue weighted by Gasteiger charge is 2.26. The van der Waals surface area contributed by atoms with Crippen molar-refractivity contribution in [2.75, 3.05) is 13.2 Å². The number of nitrogens with two attached hydrogens (primary N) is 1. The normalized spacial score (nSPS) is 22.6. The highest BCUT2D eigenvalue weighted by molar-refractivity contribution is 9.10. The first-order valence-electron chi connectivity index (χ1n) is 6.99. The molecular formula is C15H21BrN2O2. The molecule has 0 aliphatic carbocycles. The number of ether oxygens (including phenoxy) is 1. The van der Waals surface area contributed by atoms with Crippen LogP contribution in [0, 0.1) is 0 Å². The molecular weight excluding hydrogens is 320 g/mol. The summed E-state index contributed by atoms with van der Waals surface area (Å²) in [7, 11) is 0. The SMILES string of the molecule is CC1CC(N)CCN1C(=O)CCOc1cccc(Br)c1. The quantitative estimate of drug-likeness (QED) is 0.916. The minimum Gasteiger partial charge on any atom is -0.493 e. The first-order valence-corrected chi connectivity index (χ1v) is 7.79. The Morgan fingerprint density at radius 2 is 2.35 bits per heavy atom. The molecule has 0 aromatic heterocycles. The molecule has 1 fully saturated rings. The third kappa shape index (κ3) is 4.21. The van der Waals surface area contributed by atoms with E-state index < -0.39 is 0 Å². The molecule has 2 unspecified atom stereocenters. The zero-order valence-electron chi connectivity index (χ0n) is 11.7. The summed E-state index contributed by atoms with van der Waals surface area (Å²) < 4.78 is 6.57. The van der Waals surface area contributed by atoms with Crippen LogP contribution in [0.25, 0.3) is 0 Å². The van der Waals surface area contributed by atoms with Crippen molar-refractivity contribution < 1.29 is 9.53 Å². The van der Waals surface area contributed by atoms with Crippen LogP contribution in [0.3, 0.4) is 0 Å². The van der Waals surface area contributed by atoms with Crippen LogP contribution >= 0.6 is 15.9 Å². The Kier molecular flexibility index (Phi) is 5.43. The molecule has 110 valence electrons. The minimum atomic E-state index is 0.152. The lowest BCUT2D eigenvalue weighted by Gasteiger charge is -2.36. The molecule has 2 N–H and O–H groups in total. The van der Waals surface area contributed by atoms with Crippen LogP contribution in [0.4, 0.5) is 0 Å². The van der Waals surface area contributed by atoms with Crippen molar-refractivity contribution in [3.8, 4) is 5.75 Å². The van der Waals surface area contributed by atoms with E-state index in [2.05, 4.69) is 22.9 Å². The molecule has 1 amide bonds. The van der Waals surface area contributed by atoms with E-state index in [-0.39, 0.29) is 18.0 Å². The Morgan fingerprint density at radius 1 is 1.55 bits per heavy atom. The van der Waals surface area contributed by atoms with Gasteiger partial charge in [0.2, 0.25) is 5.91 Å². The van der Waals surface area contributed by atoms with Gasteiger partial charge in [0.05, 0.1) is 13.0 Å². The van der Waals surface area contributed by atoms with E-state index in [1.54, 1.807) is 0 Å².